The zero-order valence-corrected chi connectivity index (χ0v) is 10.7. The standard InChI is InChI=1S/C14H25NO/c1-3-15(4-2)13-9-7-12(8-10-13)14(16)11-5-6-11/h11-13H,3-10H2,1-2H3. The number of ketones is 1. The third kappa shape index (κ3) is 2.65. The summed E-state index contributed by atoms with van der Waals surface area (Å²) >= 11 is 0. The third-order valence-corrected chi connectivity index (χ3v) is 4.41. The molecular weight excluding hydrogens is 198 g/mol. The average molecular weight is 223 g/mol. The van der Waals surface area contributed by atoms with Crippen LogP contribution in [0.4, 0.5) is 0 Å². The number of hydrogen-bond donors (Lipinski definition) is 0. The second-order valence-corrected chi connectivity index (χ2v) is 5.40. The molecule has 0 bridgehead atoms. The molecule has 2 saturated carbocycles. The molecule has 0 saturated heterocycles. The van der Waals surface area contributed by atoms with Gasteiger partial charge in [-0.25, -0.2) is 0 Å². The molecule has 2 aliphatic rings. The van der Waals surface area contributed by atoms with E-state index in [1.807, 2.05) is 0 Å². The summed E-state index contributed by atoms with van der Waals surface area (Å²) < 4.78 is 0. The number of carbonyl (C=O) groups excluding carboxylic acids is 1. The van der Waals surface area contributed by atoms with Crippen LogP contribution in [-0.4, -0.2) is 29.8 Å². The molecule has 2 rings (SSSR count). The summed E-state index contributed by atoms with van der Waals surface area (Å²) in [5, 5.41) is 0. The SMILES string of the molecule is CCN(CC)C1CCC(C(=O)C2CC2)CC1. The van der Waals surface area contributed by atoms with Gasteiger partial charge in [0.1, 0.15) is 5.78 Å². The van der Waals surface area contributed by atoms with Crippen molar-refractivity contribution in [3.8, 4) is 0 Å². The first-order valence-corrected chi connectivity index (χ1v) is 7.04. The van der Waals surface area contributed by atoms with Crippen molar-refractivity contribution in [3.05, 3.63) is 0 Å². The van der Waals surface area contributed by atoms with E-state index in [9.17, 15) is 4.79 Å². The second-order valence-electron chi connectivity index (χ2n) is 5.40. The topological polar surface area (TPSA) is 20.3 Å². The lowest BCUT2D eigenvalue weighted by Gasteiger charge is -2.35. The summed E-state index contributed by atoms with van der Waals surface area (Å²) in [6.45, 7) is 6.79. The Morgan fingerprint density at radius 1 is 0.938 bits per heavy atom. The van der Waals surface area contributed by atoms with Gasteiger partial charge in [-0.3, -0.25) is 4.79 Å². The van der Waals surface area contributed by atoms with Gasteiger partial charge in [0.15, 0.2) is 0 Å². The van der Waals surface area contributed by atoms with Gasteiger partial charge in [-0.15, -0.1) is 0 Å². The Balaban J connectivity index is 1.79. The second kappa shape index (κ2) is 5.31. The summed E-state index contributed by atoms with van der Waals surface area (Å²) in [5.74, 6) is 1.48. The summed E-state index contributed by atoms with van der Waals surface area (Å²) in [5.41, 5.74) is 0. The molecule has 0 aromatic rings. The summed E-state index contributed by atoms with van der Waals surface area (Å²) in [4.78, 5) is 14.5. The molecule has 0 aromatic heterocycles. The van der Waals surface area contributed by atoms with Gasteiger partial charge >= 0.3 is 0 Å². The van der Waals surface area contributed by atoms with Gasteiger partial charge in [-0.2, -0.15) is 0 Å². The predicted molar refractivity (Wildman–Crippen MR) is 66.4 cm³/mol. The van der Waals surface area contributed by atoms with Crippen LogP contribution in [0.15, 0.2) is 0 Å². The van der Waals surface area contributed by atoms with Gasteiger partial charge in [0, 0.05) is 17.9 Å². The summed E-state index contributed by atoms with van der Waals surface area (Å²) in [6.07, 6.45) is 7.13. The van der Waals surface area contributed by atoms with Crippen molar-refractivity contribution in [2.24, 2.45) is 11.8 Å². The van der Waals surface area contributed by atoms with E-state index in [1.54, 1.807) is 0 Å². The molecule has 0 radical (unpaired) electrons. The van der Waals surface area contributed by atoms with Crippen LogP contribution in [-0.2, 0) is 4.79 Å². The number of nitrogens with zero attached hydrogens (tertiary/aromatic N) is 1. The quantitative estimate of drug-likeness (QED) is 0.714. The van der Waals surface area contributed by atoms with E-state index in [4.69, 9.17) is 0 Å². The lowest BCUT2D eigenvalue weighted by Crippen LogP contribution is -2.39. The monoisotopic (exact) mass is 223 g/mol. The highest BCUT2D eigenvalue weighted by molar-refractivity contribution is 5.85. The summed E-state index contributed by atoms with van der Waals surface area (Å²) in [6, 6.07) is 0.748. The van der Waals surface area contributed by atoms with Crippen molar-refractivity contribution in [1.82, 2.24) is 4.90 Å². The molecule has 2 nitrogen and oxygen atoms in total. The van der Waals surface area contributed by atoms with Gasteiger partial charge in [-0.05, 0) is 51.6 Å². The Labute approximate surface area is 99.4 Å². The third-order valence-electron chi connectivity index (χ3n) is 4.41. The fourth-order valence-corrected chi connectivity index (χ4v) is 3.17. The van der Waals surface area contributed by atoms with Crippen LogP contribution in [0.3, 0.4) is 0 Å². The van der Waals surface area contributed by atoms with Gasteiger partial charge in [0.05, 0.1) is 0 Å². The molecule has 2 fully saturated rings. The first kappa shape index (κ1) is 12.1. The average Bonchev–Trinajstić information content (AvgIpc) is 3.15. The number of hydrogen-bond acceptors (Lipinski definition) is 2. The van der Waals surface area contributed by atoms with Crippen LogP contribution in [0.1, 0.15) is 52.4 Å². The minimum absolute atomic E-state index is 0.416. The lowest BCUT2D eigenvalue weighted by atomic mass is 9.81. The van der Waals surface area contributed by atoms with Crippen LogP contribution in [0, 0.1) is 11.8 Å². The van der Waals surface area contributed by atoms with Gasteiger partial charge in [-0.1, -0.05) is 13.8 Å². The maximum absolute atomic E-state index is 12.0. The Hall–Kier alpha value is -0.370. The molecule has 0 amide bonds. The highest BCUT2D eigenvalue weighted by Crippen LogP contribution is 2.37. The first-order chi connectivity index (χ1) is 7.76. The molecule has 0 aromatic carbocycles. The number of rotatable bonds is 5. The zero-order valence-electron chi connectivity index (χ0n) is 10.7. The maximum Gasteiger partial charge on any atom is 0.139 e. The van der Waals surface area contributed by atoms with E-state index < -0.39 is 0 Å². The Bertz CT molecular complexity index is 235. The van der Waals surface area contributed by atoms with E-state index in [0.717, 1.165) is 32.0 Å². The lowest BCUT2D eigenvalue weighted by molar-refractivity contribution is -0.125. The molecule has 0 atom stereocenters. The summed E-state index contributed by atoms with van der Waals surface area (Å²) in [7, 11) is 0. The van der Waals surface area contributed by atoms with Crippen molar-refractivity contribution in [3.63, 3.8) is 0 Å². The van der Waals surface area contributed by atoms with Gasteiger partial charge < -0.3 is 4.90 Å². The normalized spacial score (nSPS) is 30.7. The zero-order chi connectivity index (χ0) is 11.5. The number of carbonyl (C=O) groups is 1. The van der Waals surface area contributed by atoms with Crippen LogP contribution in [0.5, 0.6) is 0 Å². The van der Waals surface area contributed by atoms with Crippen molar-refractivity contribution >= 4 is 5.78 Å². The molecule has 2 heteroatoms. The fraction of sp³-hybridized carbons (Fsp3) is 0.929. The van der Waals surface area contributed by atoms with Crippen LogP contribution in [0.25, 0.3) is 0 Å². The molecule has 16 heavy (non-hydrogen) atoms. The minimum atomic E-state index is 0.416. The van der Waals surface area contributed by atoms with Crippen molar-refractivity contribution in [2.45, 2.75) is 58.4 Å². The Kier molecular flexibility index (Phi) is 4.01. The molecular formula is C14H25NO. The van der Waals surface area contributed by atoms with E-state index >= 15 is 0 Å². The molecule has 0 heterocycles. The molecule has 0 spiro atoms. The van der Waals surface area contributed by atoms with E-state index in [0.29, 0.717) is 17.6 Å². The van der Waals surface area contributed by atoms with Crippen molar-refractivity contribution in [1.29, 1.82) is 0 Å². The van der Waals surface area contributed by atoms with E-state index in [1.165, 1.54) is 25.7 Å². The molecule has 2 aliphatic carbocycles. The fourth-order valence-electron chi connectivity index (χ4n) is 3.17. The molecule has 0 unspecified atom stereocenters. The van der Waals surface area contributed by atoms with Crippen LogP contribution < -0.4 is 0 Å². The molecule has 92 valence electrons. The molecule has 0 N–H and O–H groups in total. The Morgan fingerprint density at radius 3 is 1.75 bits per heavy atom. The largest absolute Gasteiger partial charge is 0.301 e. The minimum Gasteiger partial charge on any atom is -0.301 e. The highest BCUT2D eigenvalue weighted by atomic mass is 16.1. The highest BCUT2D eigenvalue weighted by Gasteiger charge is 2.36. The van der Waals surface area contributed by atoms with Gasteiger partial charge in [0.25, 0.3) is 0 Å². The Morgan fingerprint density at radius 2 is 1.38 bits per heavy atom. The van der Waals surface area contributed by atoms with Gasteiger partial charge in [0.2, 0.25) is 0 Å². The predicted octanol–water partition coefficient (Wildman–Crippen LogP) is 2.87. The first-order valence-electron chi connectivity index (χ1n) is 7.04. The van der Waals surface area contributed by atoms with E-state index in [-0.39, 0.29) is 0 Å². The smallest absolute Gasteiger partial charge is 0.139 e. The number of Topliss-reactive ketones (excluding diaryl/α,β-unsaturated/α-hetero) is 1. The van der Waals surface area contributed by atoms with Crippen LogP contribution >= 0.6 is 0 Å². The molecule has 0 aliphatic heterocycles. The van der Waals surface area contributed by atoms with Crippen molar-refractivity contribution in [2.75, 3.05) is 13.1 Å². The van der Waals surface area contributed by atoms with Crippen LogP contribution in [0.2, 0.25) is 0 Å². The van der Waals surface area contributed by atoms with Crippen molar-refractivity contribution < 1.29 is 4.79 Å². The maximum atomic E-state index is 12.0. The van der Waals surface area contributed by atoms with E-state index in [2.05, 4.69) is 18.7 Å².